The molecule has 0 radical (unpaired) electrons. The van der Waals surface area contributed by atoms with Gasteiger partial charge in [-0.25, -0.2) is 0 Å². The zero-order valence-electron chi connectivity index (χ0n) is 10.9. The number of hydrogen-bond acceptors (Lipinski definition) is 2. The molecule has 0 aliphatic rings. The van der Waals surface area contributed by atoms with Gasteiger partial charge in [-0.3, -0.25) is 10.1 Å². The first-order chi connectivity index (χ1) is 8.64. The Morgan fingerprint density at radius 1 is 1.28 bits per heavy atom. The number of hydrogen-bond donors (Lipinski definition) is 2. The molecule has 0 aromatic heterocycles. The lowest BCUT2D eigenvalue weighted by Crippen LogP contribution is -2.51. The molecule has 3 nitrogen and oxygen atoms in total. The average Bonchev–Trinajstić information content (AvgIpc) is 2.40. The summed E-state index contributed by atoms with van der Waals surface area (Å²) in [4.78, 5) is 11.2. The summed E-state index contributed by atoms with van der Waals surface area (Å²) < 4.78 is 0. The van der Waals surface area contributed by atoms with Gasteiger partial charge in [0, 0.05) is 5.56 Å². The highest BCUT2D eigenvalue weighted by atomic mass is 16.4. The van der Waals surface area contributed by atoms with Crippen molar-refractivity contribution in [2.24, 2.45) is 0 Å². The molecule has 1 aromatic carbocycles. The Morgan fingerprint density at radius 3 is 2.39 bits per heavy atom. The van der Waals surface area contributed by atoms with Gasteiger partial charge < -0.3 is 5.11 Å². The molecule has 1 aromatic rings. The Hall–Kier alpha value is -1.79. The lowest BCUT2D eigenvalue weighted by Gasteiger charge is -2.26. The van der Waals surface area contributed by atoms with Crippen LogP contribution in [0.1, 0.15) is 32.3 Å². The maximum atomic E-state index is 11.2. The molecule has 0 saturated heterocycles. The van der Waals surface area contributed by atoms with E-state index in [1.54, 1.807) is 0 Å². The molecule has 18 heavy (non-hydrogen) atoms. The van der Waals surface area contributed by atoms with Gasteiger partial charge in [-0.2, -0.15) is 0 Å². The molecule has 0 saturated carbocycles. The first kappa shape index (κ1) is 14.3. The Balaban J connectivity index is 2.60. The van der Waals surface area contributed by atoms with Crippen LogP contribution in [0.5, 0.6) is 0 Å². The van der Waals surface area contributed by atoms with E-state index in [1.807, 2.05) is 44.2 Å². The fourth-order valence-electron chi connectivity index (χ4n) is 1.76. The van der Waals surface area contributed by atoms with Gasteiger partial charge in [0.1, 0.15) is 5.54 Å². The summed E-state index contributed by atoms with van der Waals surface area (Å²) in [5.74, 6) is 5.14. The van der Waals surface area contributed by atoms with Gasteiger partial charge in [0.05, 0.1) is 6.54 Å². The largest absolute Gasteiger partial charge is 0.480 e. The van der Waals surface area contributed by atoms with Crippen LogP contribution in [0.25, 0.3) is 0 Å². The van der Waals surface area contributed by atoms with Gasteiger partial charge in [-0.15, -0.1) is 0 Å². The molecule has 3 heteroatoms. The molecule has 0 unspecified atom stereocenters. The van der Waals surface area contributed by atoms with Gasteiger partial charge in [0.15, 0.2) is 0 Å². The predicted molar refractivity (Wildman–Crippen MR) is 72.3 cm³/mol. The number of nitrogens with one attached hydrogen (secondary N) is 1. The second-order valence-corrected chi connectivity index (χ2v) is 4.12. The predicted octanol–water partition coefficient (Wildman–Crippen LogP) is 2.27. The van der Waals surface area contributed by atoms with E-state index in [-0.39, 0.29) is 0 Å². The molecule has 0 atom stereocenters. The fraction of sp³-hybridized carbons (Fsp3) is 0.400. The van der Waals surface area contributed by atoms with Crippen molar-refractivity contribution in [3.05, 3.63) is 35.9 Å². The highest BCUT2D eigenvalue weighted by Gasteiger charge is 2.33. The number of aliphatic carboxylic acids is 1. The smallest absolute Gasteiger partial charge is 0.323 e. The van der Waals surface area contributed by atoms with Crippen LogP contribution in [-0.4, -0.2) is 23.2 Å². The summed E-state index contributed by atoms with van der Waals surface area (Å²) >= 11 is 0. The third-order valence-corrected chi connectivity index (χ3v) is 3.14. The summed E-state index contributed by atoms with van der Waals surface area (Å²) in [6.07, 6.45) is 1.09. The highest BCUT2D eigenvalue weighted by Crippen LogP contribution is 2.14. The van der Waals surface area contributed by atoms with E-state index in [2.05, 4.69) is 17.2 Å². The minimum atomic E-state index is -0.856. The average molecular weight is 245 g/mol. The standard InChI is InChI=1S/C15H19NO2/c1-3-15(4-2,14(17)18)16-12-8-11-13-9-6-5-7-10-13/h5-7,9-10,16H,3-4,12H2,1-2H3,(H,17,18). The molecule has 0 spiro atoms. The van der Waals surface area contributed by atoms with Gasteiger partial charge in [0.25, 0.3) is 0 Å². The monoisotopic (exact) mass is 245 g/mol. The molecule has 0 amide bonds. The van der Waals surface area contributed by atoms with Gasteiger partial charge >= 0.3 is 5.97 Å². The topological polar surface area (TPSA) is 49.3 Å². The van der Waals surface area contributed by atoms with Crippen LogP contribution in [0.2, 0.25) is 0 Å². The summed E-state index contributed by atoms with van der Waals surface area (Å²) in [7, 11) is 0. The van der Waals surface area contributed by atoms with E-state index in [4.69, 9.17) is 0 Å². The lowest BCUT2D eigenvalue weighted by atomic mass is 9.93. The number of benzene rings is 1. The number of rotatable bonds is 5. The van der Waals surface area contributed by atoms with Crippen LogP contribution in [0.4, 0.5) is 0 Å². The molecule has 0 aliphatic carbocycles. The van der Waals surface area contributed by atoms with E-state index < -0.39 is 11.5 Å². The molecule has 0 bridgehead atoms. The zero-order chi connectivity index (χ0) is 13.4. The Kier molecular flexibility index (Phi) is 5.41. The van der Waals surface area contributed by atoms with Gasteiger partial charge in [-0.05, 0) is 25.0 Å². The summed E-state index contributed by atoms with van der Waals surface area (Å²) in [5.41, 5.74) is 0.0824. The molecule has 2 N–H and O–H groups in total. The molecule has 0 fully saturated rings. The Morgan fingerprint density at radius 2 is 1.89 bits per heavy atom. The van der Waals surface area contributed by atoms with Crippen molar-refractivity contribution >= 4 is 5.97 Å². The van der Waals surface area contributed by atoms with Crippen molar-refractivity contribution in [3.8, 4) is 11.8 Å². The van der Waals surface area contributed by atoms with Crippen LogP contribution < -0.4 is 5.32 Å². The molecule has 0 heterocycles. The highest BCUT2D eigenvalue weighted by molar-refractivity contribution is 5.78. The zero-order valence-corrected chi connectivity index (χ0v) is 10.9. The van der Waals surface area contributed by atoms with E-state index in [0.29, 0.717) is 19.4 Å². The summed E-state index contributed by atoms with van der Waals surface area (Å²) in [6, 6.07) is 9.65. The molecule has 0 aliphatic heterocycles. The second-order valence-electron chi connectivity index (χ2n) is 4.12. The summed E-state index contributed by atoms with van der Waals surface area (Å²) in [5, 5.41) is 12.3. The molecular formula is C15H19NO2. The van der Waals surface area contributed by atoms with Crippen LogP contribution in [0, 0.1) is 11.8 Å². The van der Waals surface area contributed by atoms with Gasteiger partial charge in [0.2, 0.25) is 0 Å². The van der Waals surface area contributed by atoms with Crippen molar-refractivity contribution < 1.29 is 9.90 Å². The summed E-state index contributed by atoms with van der Waals surface area (Å²) in [6.45, 7) is 4.12. The normalized spacial score (nSPS) is 10.6. The van der Waals surface area contributed by atoms with Crippen LogP contribution >= 0.6 is 0 Å². The van der Waals surface area contributed by atoms with Gasteiger partial charge in [-0.1, -0.05) is 43.9 Å². The minimum absolute atomic E-state index is 0.378. The van der Waals surface area contributed by atoms with E-state index in [1.165, 1.54) is 0 Å². The quantitative estimate of drug-likeness (QED) is 0.782. The second kappa shape index (κ2) is 6.83. The molecule has 1 rings (SSSR count). The maximum absolute atomic E-state index is 11.2. The van der Waals surface area contributed by atoms with E-state index in [0.717, 1.165) is 5.56 Å². The lowest BCUT2D eigenvalue weighted by molar-refractivity contribution is -0.145. The first-order valence-electron chi connectivity index (χ1n) is 6.17. The number of carboxylic acid groups (broad SMARTS) is 1. The van der Waals surface area contributed by atoms with Crippen LogP contribution in [-0.2, 0) is 4.79 Å². The SMILES string of the molecule is CCC(CC)(NCC#Cc1ccccc1)C(=O)O. The third-order valence-electron chi connectivity index (χ3n) is 3.14. The van der Waals surface area contributed by atoms with Crippen molar-refractivity contribution in [2.45, 2.75) is 32.2 Å². The van der Waals surface area contributed by atoms with Crippen molar-refractivity contribution in [3.63, 3.8) is 0 Å². The number of carboxylic acids is 1. The first-order valence-corrected chi connectivity index (χ1v) is 6.17. The third kappa shape index (κ3) is 3.61. The van der Waals surface area contributed by atoms with Crippen LogP contribution in [0.15, 0.2) is 30.3 Å². The minimum Gasteiger partial charge on any atom is -0.480 e. The van der Waals surface area contributed by atoms with Crippen molar-refractivity contribution in [2.75, 3.05) is 6.54 Å². The molecular weight excluding hydrogens is 226 g/mol. The van der Waals surface area contributed by atoms with Crippen molar-refractivity contribution in [1.29, 1.82) is 0 Å². The maximum Gasteiger partial charge on any atom is 0.323 e. The van der Waals surface area contributed by atoms with E-state index >= 15 is 0 Å². The molecule has 96 valence electrons. The Bertz CT molecular complexity index is 439. The van der Waals surface area contributed by atoms with Crippen LogP contribution in [0.3, 0.4) is 0 Å². The Labute approximate surface area is 108 Å². The fourth-order valence-corrected chi connectivity index (χ4v) is 1.76. The number of carbonyl (C=O) groups is 1. The van der Waals surface area contributed by atoms with E-state index in [9.17, 15) is 9.90 Å². The van der Waals surface area contributed by atoms with Crippen molar-refractivity contribution in [1.82, 2.24) is 5.32 Å².